The van der Waals surface area contributed by atoms with Gasteiger partial charge in [0.2, 0.25) is 0 Å². The lowest BCUT2D eigenvalue weighted by Crippen LogP contribution is -2.19. The molecule has 7 aromatic heterocycles. The molecule has 9 heterocycles. The molecule has 0 amide bonds. The van der Waals surface area contributed by atoms with E-state index in [1.165, 1.54) is 48.2 Å². The van der Waals surface area contributed by atoms with Gasteiger partial charge in [0.25, 0.3) is 0 Å². The molecule has 112 heavy (non-hydrogen) atoms. The van der Waals surface area contributed by atoms with Gasteiger partial charge < -0.3 is 18.8 Å². The number of thiazole rings is 1. The van der Waals surface area contributed by atoms with Crippen molar-refractivity contribution in [2.75, 3.05) is 13.3 Å². The molecule has 2 aliphatic rings. The third-order valence-corrected chi connectivity index (χ3v) is 15.6. The molecule has 20 rings (SSSR count). The molecule has 12 nitrogen and oxygen atoms in total. The van der Waals surface area contributed by atoms with Crippen molar-refractivity contribution in [3.63, 3.8) is 0 Å². The number of hydrogen-bond acceptors (Lipinski definition) is 12. The number of nitrogens with zero attached hydrogens (tertiary/aromatic N) is 8. The van der Waals surface area contributed by atoms with E-state index in [4.69, 9.17) is 8.83 Å². The predicted molar refractivity (Wildman–Crippen MR) is 492 cm³/mol. The zero-order valence-electron chi connectivity index (χ0n) is 70.0. The first-order valence-corrected chi connectivity index (χ1v) is 41.4. The van der Waals surface area contributed by atoms with E-state index in [-0.39, 0.29) is 0 Å². The molecule has 0 spiro atoms. The van der Waals surface area contributed by atoms with Gasteiger partial charge in [-0.05, 0) is 136 Å². The first-order chi connectivity index (χ1) is 55.7. The van der Waals surface area contributed by atoms with Gasteiger partial charge in [-0.3, -0.25) is 25.0 Å². The lowest BCUT2D eigenvalue weighted by atomic mass is 10.1. The molecule has 2 aliphatic heterocycles. The second-order valence-corrected chi connectivity index (χ2v) is 21.8. The maximum atomic E-state index is 5.12. The monoisotopic (exact) mass is 1530 g/mol. The molecule has 588 valence electrons. The number of fused-ring (bicyclic) bond motifs is 10. The van der Waals surface area contributed by atoms with Crippen molar-refractivity contribution in [1.82, 2.24) is 29.9 Å². The Morgan fingerprint density at radius 3 is 1.17 bits per heavy atom. The molecule has 0 fully saturated rings. The van der Waals surface area contributed by atoms with Crippen LogP contribution in [0.3, 0.4) is 0 Å². The number of H-pyrrole nitrogens is 2. The van der Waals surface area contributed by atoms with Crippen molar-refractivity contribution in [2.24, 2.45) is 20.0 Å². The maximum Gasteiger partial charge on any atom is 0.181 e. The molecule has 2 N–H and O–H groups in total. The van der Waals surface area contributed by atoms with E-state index in [2.05, 4.69) is 171 Å². The van der Waals surface area contributed by atoms with Crippen molar-refractivity contribution in [1.29, 1.82) is 0 Å². The zero-order chi connectivity index (χ0) is 82.5. The van der Waals surface area contributed by atoms with E-state index >= 15 is 0 Å². The standard InChI is InChI=1S/C10H8.C9H7N.C8H7N.C8H6O.C8H6S.3C7H6N2.C7H5NO.C7H5NS.10C2H6/c1-2-6-10-8-4-3-7-9(10)5-1;1-2-6-9-8(4-1)5-3-7-10-9;3*1-2-4-8-7(3-1)5-6-9-8;5*1-2-4-7-6(3-1)8-5-9-7;10*1-2/h1-8H;1-7H;1-6,9H;2*1-6H;2*1-4H,5H2;1-5H,(H,8,9);2*1-5H;10*1-2H3. The van der Waals surface area contributed by atoms with E-state index in [0.29, 0.717) is 13.3 Å². The Hall–Kier alpha value is -11.8. The number of benzene rings is 11. The van der Waals surface area contributed by atoms with Gasteiger partial charge in [-0.1, -0.05) is 327 Å². The average molecular weight is 1540 g/mol. The van der Waals surface area contributed by atoms with Gasteiger partial charge in [0.15, 0.2) is 12.0 Å². The number of rotatable bonds is 0. The fourth-order valence-corrected chi connectivity index (χ4v) is 10.8. The van der Waals surface area contributed by atoms with Crippen molar-refractivity contribution in [2.45, 2.75) is 138 Å². The summed E-state index contributed by atoms with van der Waals surface area (Å²) in [6.45, 7) is 41.2. The summed E-state index contributed by atoms with van der Waals surface area (Å²) in [6, 6.07) is 99.1. The average Bonchev–Trinajstić information content (AvgIpc) is 1.87. The van der Waals surface area contributed by atoms with Gasteiger partial charge >= 0.3 is 0 Å². The van der Waals surface area contributed by atoms with Gasteiger partial charge in [-0.2, -0.15) is 0 Å². The first kappa shape index (κ1) is 98.2. The number of thiophene rings is 1. The molecule has 11 aromatic carbocycles. The van der Waals surface area contributed by atoms with Crippen LogP contribution in [0.4, 0.5) is 0 Å². The SMILES string of the molecule is CC.CC.CC.CC.CC.CC.CC.CC.CC.CC.c1ccc2[nH]ccc2c1.c1ccc2[nH]cnc2c1.c1ccc2c(c1)=NCN=2.c1ccc2c(c1)=NCN=2.c1ccc2ccccc2c1.c1ccc2ncccc2c1.c1ccc2occc2c1.c1ccc2ocnc2c1.c1ccc2sccc2c1.c1ccc2scnc2c1. The van der Waals surface area contributed by atoms with Crippen LogP contribution in [0.15, 0.2) is 368 Å². The van der Waals surface area contributed by atoms with E-state index in [1.54, 1.807) is 35.3 Å². The fraction of sp³-hybridized carbons (Fsp3) is 0.224. The molecule has 0 saturated carbocycles. The second kappa shape index (κ2) is 66.2. The molecular weight excluding hydrogens is 1410 g/mol. The third kappa shape index (κ3) is 36.1. The summed E-state index contributed by atoms with van der Waals surface area (Å²) in [5, 5.41) is 13.8. The summed E-state index contributed by atoms with van der Waals surface area (Å²) in [5.41, 5.74) is 10.1. The number of imidazole rings is 1. The number of furan rings is 1. The molecular formula is C98H122N10O2S2. The Bertz CT molecular complexity index is 4430. The number of pyridine rings is 1. The number of aromatic nitrogens is 6. The van der Waals surface area contributed by atoms with Crippen LogP contribution in [-0.4, -0.2) is 43.2 Å². The van der Waals surface area contributed by atoms with Crippen LogP contribution < -0.4 is 21.4 Å². The number of hydrogen-bond donors (Lipinski definition) is 2. The predicted octanol–water partition coefficient (Wildman–Crippen LogP) is 28.3. The van der Waals surface area contributed by atoms with Crippen LogP contribution in [0.25, 0.3) is 86.0 Å². The summed E-state index contributed by atoms with van der Waals surface area (Å²) in [4.78, 5) is 39.0. The van der Waals surface area contributed by atoms with Gasteiger partial charge in [-0.15, -0.1) is 22.7 Å². The van der Waals surface area contributed by atoms with Crippen LogP contribution in [-0.2, 0) is 0 Å². The lowest BCUT2D eigenvalue weighted by molar-refractivity contribution is 0.602. The number of aromatic amines is 2. The van der Waals surface area contributed by atoms with Crippen LogP contribution in [0.2, 0.25) is 0 Å². The lowest BCUT2D eigenvalue weighted by Gasteiger charge is -1.92. The quantitative estimate of drug-likeness (QED) is 0.154. The summed E-state index contributed by atoms with van der Waals surface area (Å²) in [6.07, 6.45) is 8.60. The van der Waals surface area contributed by atoms with Crippen molar-refractivity contribution < 1.29 is 8.83 Å². The highest BCUT2D eigenvalue weighted by Crippen LogP contribution is 2.20. The minimum atomic E-state index is 0.610. The second-order valence-electron chi connectivity index (χ2n) is 20.0. The van der Waals surface area contributed by atoms with Crippen LogP contribution in [0, 0.1) is 0 Å². The third-order valence-electron chi connectivity index (χ3n) is 13.9. The Kier molecular flexibility index (Phi) is 58.0. The van der Waals surface area contributed by atoms with E-state index in [1.807, 2.05) is 338 Å². The molecule has 0 radical (unpaired) electrons. The largest absolute Gasteiger partial charge is 0.464 e. The minimum Gasteiger partial charge on any atom is -0.464 e. The Morgan fingerprint density at radius 2 is 0.679 bits per heavy atom. The smallest absolute Gasteiger partial charge is 0.181 e. The fourth-order valence-electron chi connectivity index (χ4n) is 9.28. The topological polar surface area (TPSA) is 159 Å². The molecule has 0 saturated heterocycles. The van der Waals surface area contributed by atoms with Crippen molar-refractivity contribution in [3.05, 3.63) is 361 Å². The highest BCUT2D eigenvalue weighted by atomic mass is 32.1. The number of para-hydroxylation sites is 12. The van der Waals surface area contributed by atoms with E-state index < -0.39 is 0 Å². The van der Waals surface area contributed by atoms with Gasteiger partial charge in [0, 0.05) is 33.4 Å². The first-order valence-electron chi connectivity index (χ1n) is 39.6. The Labute approximate surface area is 675 Å². The maximum absolute atomic E-state index is 5.12. The Morgan fingerprint density at radius 1 is 0.268 bits per heavy atom. The minimum absolute atomic E-state index is 0.610. The molecule has 0 aliphatic carbocycles. The van der Waals surface area contributed by atoms with E-state index in [9.17, 15) is 0 Å². The molecule has 0 unspecified atom stereocenters. The van der Waals surface area contributed by atoms with Gasteiger partial charge in [0.1, 0.15) is 24.4 Å². The van der Waals surface area contributed by atoms with Crippen LogP contribution in [0.5, 0.6) is 0 Å². The zero-order valence-corrected chi connectivity index (χ0v) is 71.6. The summed E-state index contributed by atoms with van der Waals surface area (Å²) >= 11 is 3.46. The Balaban J connectivity index is 0.000000607. The molecule has 0 atom stereocenters. The summed E-state index contributed by atoms with van der Waals surface area (Å²) in [5.74, 6) is 0. The normalized spacial score (nSPS) is 9.46. The molecule has 18 aromatic rings. The molecule has 0 bridgehead atoms. The van der Waals surface area contributed by atoms with Gasteiger partial charge in [0.05, 0.1) is 66.3 Å². The van der Waals surface area contributed by atoms with E-state index in [0.717, 1.165) is 65.6 Å². The highest BCUT2D eigenvalue weighted by molar-refractivity contribution is 7.17. The summed E-state index contributed by atoms with van der Waals surface area (Å²) in [7, 11) is 0. The number of nitrogens with one attached hydrogen (secondary N) is 2. The van der Waals surface area contributed by atoms with Crippen LogP contribution in [0.1, 0.15) is 138 Å². The summed E-state index contributed by atoms with van der Waals surface area (Å²) < 4.78 is 12.8. The van der Waals surface area contributed by atoms with Crippen LogP contribution >= 0.6 is 22.7 Å². The highest BCUT2D eigenvalue weighted by Gasteiger charge is 1.96. The van der Waals surface area contributed by atoms with Gasteiger partial charge in [-0.25, -0.2) is 15.0 Å². The van der Waals surface area contributed by atoms with Crippen molar-refractivity contribution >= 4 is 109 Å². The number of oxazole rings is 1. The van der Waals surface area contributed by atoms with Crippen molar-refractivity contribution in [3.8, 4) is 0 Å². The molecule has 14 heteroatoms.